The van der Waals surface area contributed by atoms with Crippen molar-refractivity contribution in [3.05, 3.63) is 52.5 Å². The van der Waals surface area contributed by atoms with Crippen molar-refractivity contribution < 1.29 is 19.1 Å². The molecule has 0 unspecified atom stereocenters. The molecule has 8 heteroatoms. The Labute approximate surface area is 168 Å². The lowest BCUT2D eigenvalue weighted by Gasteiger charge is -2.11. The number of rotatable bonds is 8. The van der Waals surface area contributed by atoms with Crippen molar-refractivity contribution in [1.82, 2.24) is 5.43 Å². The predicted octanol–water partition coefficient (Wildman–Crippen LogP) is 3.53. The monoisotopic (exact) mass is 403 g/mol. The van der Waals surface area contributed by atoms with Gasteiger partial charge in [-0.25, -0.2) is 5.43 Å². The van der Waals surface area contributed by atoms with Crippen LogP contribution in [0, 0.1) is 6.92 Å². The molecule has 0 heterocycles. The largest absolute Gasteiger partial charge is 0.493 e. The SMILES string of the molecule is CCOc1c(C=NNC(=O)CC(=O)Nc2ccc(C)c(Cl)c2)cccc1OC. The van der Waals surface area contributed by atoms with Gasteiger partial charge in [0.1, 0.15) is 6.42 Å². The molecule has 0 saturated carbocycles. The van der Waals surface area contributed by atoms with E-state index >= 15 is 0 Å². The molecule has 0 fully saturated rings. The first-order chi connectivity index (χ1) is 13.4. The van der Waals surface area contributed by atoms with Gasteiger partial charge in [0, 0.05) is 16.3 Å². The van der Waals surface area contributed by atoms with Crippen molar-refractivity contribution in [1.29, 1.82) is 0 Å². The molecule has 2 N–H and O–H groups in total. The standard InChI is InChI=1S/C20H22ClN3O4/c1-4-28-20-14(6-5-7-17(20)27-3)12-22-24-19(26)11-18(25)23-15-9-8-13(2)16(21)10-15/h5-10,12H,4,11H2,1-3H3,(H,23,25)(H,24,26). The summed E-state index contributed by atoms with van der Waals surface area (Å²) in [6, 6.07) is 10.5. The van der Waals surface area contributed by atoms with Gasteiger partial charge >= 0.3 is 0 Å². The predicted molar refractivity (Wildman–Crippen MR) is 109 cm³/mol. The van der Waals surface area contributed by atoms with E-state index < -0.39 is 11.8 Å². The topological polar surface area (TPSA) is 89.0 Å². The molecule has 2 amide bonds. The van der Waals surface area contributed by atoms with Crippen molar-refractivity contribution in [2.24, 2.45) is 5.10 Å². The highest BCUT2D eigenvalue weighted by atomic mass is 35.5. The fraction of sp³-hybridized carbons (Fsp3) is 0.250. The van der Waals surface area contributed by atoms with Gasteiger partial charge in [-0.1, -0.05) is 23.7 Å². The van der Waals surface area contributed by atoms with E-state index in [1.54, 1.807) is 43.5 Å². The third kappa shape index (κ3) is 5.99. The summed E-state index contributed by atoms with van der Waals surface area (Å²) in [4.78, 5) is 23.9. The average Bonchev–Trinajstić information content (AvgIpc) is 2.66. The van der Waals surface area contributed by atoms with Crippen LogP contribution in [-0.4, -0.2) is 31.7 Å². The minimum Gasteiger partial charge on any atom is -0.493 e. The first-order valence-corrected chi connectivity index (χ1v) is 9.00. The summed E-state index contributed by atoms with van der Waals surface area (Å²) in [7, 11) is 1.54. The summed E-state index contributed by atoms with van der Waals surface area (Å²) in [6.45, 7) is 4.17. The van der Waals surface area contributed by atoms with Gasteiger partial charge in [0.25, 0.3) is 0 Å². The molecular weight excluding hydrogens is 382 g/mol. The van der Waals surface area contributed by atoms with Gasteiger partial charge in [-0.3, -0.25) is 9.59 Å². The Balaban J connectivity index is 1.93. The Morgan fingerprint density at radius 3 is 2.68 bits per heavy atom. The summed E-state index contributed by atoms with van der Waals surface area (Å²) in [6.07, 6.45) is 1.06. The van der Waals surface area contributed by atoms with Crippen LogP contribution in [0.5, 0.6) is 11.5 Å². The number of nitrogens with zero attached hydrogens (tertiary/aromatic N) is 1. The number of carbonyl (C=O) groups is 2. The number of hydrazone groups is 1. The number of halogens is 1. The van der Waals surface area contributed by atoms with Crippen molar-refractivity contribution >= 4 is 35.3 Å². The molecule has 0 bridgehead atoms. The summed E-state index contributed by atoms with van der Waals surface area (Å²) in [5.41, 5.74) is 4.38. The molecule has 0 aliphatic heterocycles. The van der Waals surface area contributed by atoms with E-state index in [1.165, 1.54) is 6.21 Å². The average molecular weight is 404 g/mol. The van der Waals surface area contributed by atoms with Gasteiger partial charge in [-0.15, -0.1) is 0 Å². The molecule has 0 aromatic heterocycles. The number of nitrogens with one attached hydrogen (secondary N) is 2. The summed E-state index contributed by atoms with van der Waals surface area (Å²) in [5, 5.41) is 7.04. The lowest BCUT2D eigenvalue weighted by Crippen LogP contribution is -2.24. The minimum absolute atomic E-state index is 0.376. The third-order valence-electron chi connectivity index (χ3n) is 3.69. The van der Waals surface area contributed by atoms with Crippen LogP contribution in [0.4, 0.5) is 5.69 Å². The molecule has 28 heavy (non-hydrogen) atoms. The molecule has 0 atom stereocenters. The minimum atomic E-state index is -0.548. The Morgan fingerprint density at radius 1 is 1.21 bits per heavy atom. The van der Waals surface area contributed by atoms with Gasteiger partial charge in [0.15, 0.2) is 11.5 Å². The first kappa shape index (κ1) is 21.2. The molecule has 0 radical (unpaired) electrons. The van der Waals surface area contributed by atoms with Gasteiger partial charge in [-0.05, 0) is 43.7 Å². The maximum atomic E-state index is 12.0. The van der Waals surface area contributed by atoms with Crippen molar-refractivity contribution in [3.8, 4) is 11.5 Å². The van der Waals surface area contributed by atoms with E-state index in [-0.39, 0.29) is 6.42 Å². The molecule has 2 rings (SSSR count). The molecule has 0 spiro atoms. The normalized spacial score (nSPS) is 10.6. The van der Waals surface area contributed by atoms with Crippen molar-refractivity contribution in [2.75, 3.05) is 19.0 Å². The lowest BCUT2D eigenvalue weighted by molar-refractivity contribution is -0.126. The Hall–Kier alpha value is -3.06. The summed E-state index contributed by atoms with van der Waals surface area (Å²) < 4.78 is 10.8. The van der Waals surface area contributed by atoms with Crippen LogP contribution in [0.3, 0.4) is 0 Å². The summed E-state index contributed by atoms with van der Waals surface area (Å²) in [5.74, 6) is 0.0737. The number of anilines is 1. The van der Waals surface area contributed by atoms with Crippen LogP contribution in [0.2, 0.25) is 5.02 Å². The maximum absolute atomic E-state index is 12.0. The van der Waals surface area contributed by atoms with Crippen LogP contribution in [0.25, 0.3) is 0 Å². The number of amides is 2. The van der Waals surface area contributed by atoms with E-state index in [0.29, 0.717) is 34.4 Å². The van der Waals surface area contributed by atoms with E-state index in [0.717, 1.165) is 5.56 Å². The van der Waals surface area contributed by atoms with E-state index in [1.807, 2.05) is 13.8 Å². The smallest absolute Gasteiger partial charge is 0.249 e. The molecule has 0 aliphatic carbocycles. The highest BCUT2D eigenvalue weighted by molar-refractivity contribution is 6.31. The maximum Gasteiger partial charge on any atom is 0.249 e. The number of methoxy groups -OCH3 is 1. The molecule has 0 saturated heterocycles. The van der Waals surface area contributed by atoms with Crippen molar-refractivity contribution in [2.45, 2.75) is 20.3 Å². The molecule has 0 aliphatic rings. The number of hydrogen-bond acceptors (Lipinski definition) is 5. The highest BCUT2D eigenvalue weighted by Crippen LogP contribution is 2.29. The van der Waals surface area contributed by atoms with Gasteiger partial charge in [-0.2, -0.15) is 5.10 Å². The quantitative estimate of drug-likeness (QED) is 0.401. The van der Waals surface area contributed by atoms with Crippen LogP contribution < -0.4 is 20.2 Å². The zero-order chi connectivity index (χ0) is 20.5. The van der Waals surface area contributed by atoms with Crippen LogP contribution in [0.1, 0.15) is 24.5 Å². The van der Waals surface area contributed by atoms with Gasteiger partial charge in [0.2, 0.25) is 11.8 Å². The first-order valence-electron chi connectivity index (χ1n) is 8.62. The van der Waals surface area contributed by atoms with Crippen LogP contribution >= 0.6 is 11.6 Å². The van der Waals surface area contributed by atoms with E-state index in [9.17, 15) is 9.59 Å². The van der Waals surface area contributed by atoms with Crippen molar-refractivity contribution in [3.63, 3.8) is 0 Å². The zero-order valence-corrected chi connectivity index (χ0v) is 16.7. The van der Waals surface area contributed by atoms with Crippen LogP contribution in [0.15, 0.2) is 41.5 Å². The Morgan fingerprint density at radius 2 is 2.00 bits per heavy atom. The third-order valence-corrected chi connectivity index (χ3v) is 4.09. The van der Waals surface area contributed by atoms with E-state index in [2.05, 4.69) is 15.8 Å². The fourth-order valence-electron chi connectivity index (χ4n) is 2.33. The molecule has 2 aromatic rings. The van der Waals surface area contributed by atoms with Crippen LogP contribution in [-0.2, 0) is 9.59 Å². The molecular formula is C20H22ClN3O4. The highest BCUT2D eigenvalue weighted by Gasteiger charge is 2.11. The molecule has 148 valence electrons. The molecule has 2 aromatic carbocycles. The lowest BCUT2D eigenvalue weighted by atomic mass is 10.2. The van der Waals surface area contributed by atoms with Gasteiger partial charge < -0.3 is 14.8 Å². The number of hydrogen-bond donors (Lipinski definition) is 2. The number of benzene rings is 2. The second-order valence-corrected chi connectivity index (χ2v) is 6.20. The Bertz CT molecular complexity index is 884. The van der Waals surface area contributed by atoms with Gasteiger partial charge in [0.05, 0.1) is 19.9 Å². The number of carbonyl (C=O) groups excluding carboxylic acids is 2. The Kier molecular flexibility index (Phi) is 7.83. The number of ether oxygens (including phenoxy) is 2. The number of aryl methyl sites for hydroxylation is 1. The number of para-hydroxylation sites is 1. The zero-order valence-electron chi connectivity index (χ0n) is 15.9. The second kappa shape index (κ2) is 10.3. The fourth-order valence-corrected chi connectivity index (χ4v) is 2.51. The summed E-state index contributed by atoms with van der Waals surface area (Å²) >= 11 is 6.02. The van der Waals surface area contributed by atoms with E-state index in [4.69, 9.17) is 21.1 Å². The second-order valence-electron chi connectivity index (χ2n) is 5.79. The molecule has 7 nitrogen and oxygen atoms in total.